The zero-order valence-electron chi connectivity index (χ0n) is 13.3. The Labute approximate surface area is 140 Å². The Morgan fingerprint density at radius 1 is 1.08 bits per heavy atom. The third-order valence-electron chi connectivity index (χ3n) is 3.93. The molecule has 1 saturated heterocycles. The van der Waals surface area contributed by atoms with Gasteiger partial charge in [-0.15, -0.1) is 0 Å². The van der Waals surface area contributed by atoms with E-state index in [1.54, 1.807) is 48.7 Å². The Morgan fingerprint density at radius 3 is 2.75 bits per heavy atom. The molecule has 3 rings (SSSR count). The molecule has 2 amide bonds. The van der Waals surface area contributed by atoms with Gasteiger partial charge in [0.1, 0.15) is 5.82 Å². The summed E-state index contributed by atoms with van der Waals surface area (Å²) >= 11 is 0. The highest BCUT2D eigenvalue weighted by Crippen LogP contribution is 2.15. The highest BCUT2D eigenvalue weighted by Gasteiger charge is 2.20. The lowest BCUT2D eigenvalue weighted by molar-refractivity contribution is -0.118. The predicted molar refractivity (Wildman–Crippen MR) is 92.9 cm³/mol. The van der Waals surface area contributed by atoms with Crippen LogP contribution in [0.5, 0.6) is 0 Å². The molecule has 1 atom stereocenters. The summed E-state index contributed by atoms with van der Waals surface area (Å²) in [7, 11) is 0. The summed E-state index contributed by atoms with van der Waals surface area (Å²) in [5, 5.41) is 8.81. The van der Waals surface area contributed by atoms with Gasteiger partial charge in [0.25, 0.3) is 5.91 Å². The summed E-state index contributed by atoms with van der Waals surface area (Å²) in [6, 6.07) is 12.0. The summed E-state index contributed by atoms with van der Waals surface area (Å²) in [5.74, 6) is 0.168. The predicted octanol–water partition coefficient (Wildman–Crippen LogP) is 2.41. The summed E-state index contributed by atoms with van der Waals surface area (Å²) in [6.07, 6.45) is 4.61. The maximum Gasteiger partial charge on any atom is 0.256 e. The molecule has 1 fully saturated rings. The first-order valence-corrected chi connectivity index (χ1v) is 8.09. The molecule has 2 aromatic rings. The van der Waals surface area contributed by atoms with Crippen LogP contribution in [0.1, 0.15) is 29.6 Å². The van der Waals surface area contributed by atoms with Gasteiger partial charge in [-0.1, -0.05) is 18.6 Å². The van der Waals surface area contributed by atoms with Crippen LogP contribution in [0.4, 0.5) is 11.5 Å². The van der Waals surface area contributed by atoms with Crippen molar-refractivity contribution in [1.82, 2.24) is 10.3 Å². The van der Waals surface area contributed by atoms with Crippen molar-refractivity contribution in [3.63, 3.8) is 0 Å². The number of aromatic nitrogens is 1. The van der Waals surface area contributed by atoms with Gasteiger partial charge in [0.05, 0.1) is 6.04 Å². The Morgan fingerprint density at radius 2 is 2.00 bits per heavy atom. The summed E-state index contributed by atoms with van der Waals surface area (Å²) in [6.45, 7) is 0.866. The molecule has 1 aromatic carbocycles. The van der Waals surface area contributed by atoms with E-state index in [1.807, 2.05) is 0 Å². The molecule has 0 radical (unpaired) electrons. The molecule has 1 aliphatic rings. The van der Waals surface area contributed by atoms with E-state index in [2.05, 4.69) is 20.9 Å². The van der Waals surface area contributed by atoms with Gasteiger partial charge in [-0.25, -0.2) is 4.98 Å². The number of hydrogen-bond donors (Lipinski definition) is 3. The maximum atomic E-state index is 12.3. The van der Waals surface area contributed by atoms with E-state index < -0.39 is 0 Å². The fourth-order valence-electron chi connectivity index (χ4n) is 2.67. The van der Waals surface area contributed by atoms with E-state index in [9.17, 15) is 9.59 Å². The first-order valence-electron chi connectivity index (χ1n) is 8.09. The number of pyridine rings is 1. The molecule has 124 valence electrons. The van der Waals surface area contributed by atoms with Crippen molar-refractivity contribution < 1.29 is 9.59 Å². The number of amides is 2. The van der Waals surface area contributed by atoms with Crippen molar-refractivity contribution in [2.24, 2.45) is 0 Å². The van der Waals surface area contributed by atoms with Crippen molar-refractivity contribution in [3.05, 3.63) is 54.2 Å². The second-order valence-corrected chi connectivity index (χ2v) is 5.74. The van der Waals surface area contributed by atoms with E-state index in [0.717, 1.165) is 25.8 Å². The summed E-state index contributed by atoms with van der Waals surface area (Å²) in [4.78, 5) is 28.6. The lowest BCUT2D eigenvalue weighted by Gasteiger charge is -2.22. The van der Waals surface area contributed by atoms with Gasteiger partial charge >= 0.3 is 0 Å². The van der Waals surface area contributed by atoms with E-state index in [1.165, 1.54) is 0 Å². The minimum atomic E-state index is -0.263. The monoisotopic (exact) mass is 324 g/mol. The Balaban J connectivity index is 1.65. The third-order valence-corrected chi connectivity index (χ3v) is 3.93. The zero-order chi connectivity index (χ0) is 16.8. The molecule has 1 aliphatic heterocycles. The van der Waals surface area contributed by atoms with Crippen LogP contribution < -0.4 is 16.0 Å². The number of carbonyl (C=O) groups excluding carboxylic acids is 2. The summed E-state index contributed by atoms with van der Waals surface area (Å²) in [5.41, 5.74) is 1.08. The molecular weight excluding hydrogens is 304 g/mol. The quantitative estimate of drug-likeness (QED) is 0.806. The van der Waals surface area contributed by atoms with Crippen LogP contribution in [0.2, 0.25) is 0 Å². The molecule has 6 nitrogen and oxygen atoms in total. The van der Waals surface area contributed by atoms with Crippen molar-refractivity contribution >= 4 is 23.3 Å². The molecule has 6 heteroatoms. The zero-order valence-corrected chi connectivity index (χ0v) is 13.3. The Hall–Kier alpha value is -2.73. The highest BCUT2D eigenvalue weighted by molar-refractivity contribution is 6.05. The number of rotatable bonds is 4. The van der Waals surface area contributed by atoms with Gasteiger partial charge in [0.15, 0.2) is 0 Å². The van der Waals surface area contributed by atoms with E-state index in [0.29, 0.717) is 17.1 Å². The number of anilines is 2. The molecule has 0 unspecified atom stereocenters. The van der Waals surface area contributed by atoms with Gasteiger partial charge in [0, 0.05) is 17.4 Å². The number of benzene rings is 1. The first-order chi connectivity index (χ1) is 11.7. The highest BCUT2D eigenvalue weighted by atomic mass is 16.2. The lowest BCUT2D eigenvalue weighted by Crippen LogP contribution is -2.43. The number of carbonyl (C=O) groups is 2. The minimum Gasteiger partial charge on any atom is -0.325 e. The second-order valence-electron chi connectivity index (χ2n) is 5.74. The van der Waals surface area contributed by atoms with Gasteiger partial charge < -0.3 is 16.0 Å². The molecule has 24 heavy (non-hydrogen) atoms. The molecule has 2 heterocycles. The maximum absolute atomic E-state index is 12.3. The van der Waals surface area contributed by atoms with Crippen molar-refractivity contribution in [1.29, 1.82) is 0 Å². The van der Waals surface area contributed by atoms with E-state index in [4.69, 9.17) is 0 Å². The SMILES string of the molecule is O=C(Nc1ccccn1)c1cccc(NC(=O)[C@H]2CCCCN2)c1. The third kappa shape index (κ3) is 4.17. The fraction of sp³-hybridized carbons (Fsp3) is 0.278. The normalized spacial score (nSPS) is 17.1. The van der Waals surface area contributed by atoms with Gasteiger partial charge in [-0.3, -0.25) is 9.59 Å². The van der Waals surface area contributed by atoms with Crippen LogP contribution in [0.25, 0.3) is 0 Å². The molecule has 3 N–H and O–H groups in total. The first kappa shape index (κ1) is 16.1. The van der Waals surface area contributed by atoms with E-state index in [-0.39, 0.29) is 17.9 Å². The largest absolute Gasteiger partial charge is 0.325 e. The van der Waals surface area contributed by atoms with Crippen molar-refractivity contribution in [2.45, 2.75) is 25.3 Å². The smallest absolute Gasteiger partial charge is 0.256 e. The van der Waals surface area contributed by atoms with Crippen LogP contribution in [-0.2, 0) is 4.79 Å². The number of nitrogens with zero attached hydrogens (tertiary/aromatic N) is 1. The van der Waals surface area contributed by atoms with Gasteiger partial charge in [-0.05, 0) is 49.7 Å². The van der Waals surface area contributed by atoms with Gasteiger partial charge in [0.2, 0.25) is 5.91 Å². The molecule has 0 spiro atoms. The van der Waals surface area contributed by atoms with Crippen LogP contribution in [0.15, 0.2) is 48.7 Å². The molecular formula is C18H20N4O2. The minimum absolute atomic E-state index is 0.0583. The molecule has 0 bridgehead atoms. The summed E-state index contributed by atoms with van der Waals surface area (Å²) < 4.78 is 0. The lowest BCUT2D eigenvalue weighted by atomic mass is 10.0. The van der Waals surface area contributed by atoms with Crippen molar-refractivity contribution in [3.8, 4) is 0 Å². The van der Waals surface area contributed by atoms with Crippen LogP contribution in [0, 0.1) is 0 Å². The van der Waals surface area contributed by atoms with Gasteiger partial charge in [-0.2, -0.15) is 0 Å². The van der Waals surface area contributed by atoms with Crippen molar-refractivity contribution in [2.75, 3.05) is 17.2 Å². The number of nitrogens with one attached hydrogen (secondary N) is 3. The van der Waals surface area contributed by atoms with Crippen LogP contribution in [-0.4, -0.2) is 29.4 Å². The topological polar surface area (TPSA) is 83.1 Å². The second kappa shape index (κ2) is 7.70. The number of piperidine rings is 1. The molecule has 0 aliphatic carbocycles. The average Bonchev–Trinajstić information content (AvgIpc) is 2.63. The fourth-order valence-corrected chi connectivity index (χ4v) is 2.67. The Bertz CT molecular complexity index is 712. The molecule has 0 saturated carbocycles. The van der Waals surface area contributed by atoms with Crippen LogP contribution in [0.3, 0.4) is 0 Å². The standard InChI is InChI=1S/C18H20N4O2/c23-17(22-16-9-2-4-11-20-16)13-6-5-7-14(12-13)21-18(24)15-8-1-3-10-19-15/h2,4-7,9,11-12,15,19H,1,3,8,10H2,(H,21,24)(H,20,22,23)/t15-/m1/s1. The van der Waals surface area contributed by atoms with E-state index >= 15 is 0 Å². The van der Waals surface area contributed by atoms with Crippen LogP contribution >= 0.6 is 0 Å². The molecule has 1 aromatic heterocycles. The average molecular weight is 324 g/mol. The Kier molecular flexibility index (Phi) is 5.18. The number of hydrogen-bond acceptors (Lipinski definition) is 4.